The van der Waals surface area contributed by atoms with E-state index in [0.29, 0.717) is 16.4 Å². The molecule has 0 radical (unpaired) electrons. The van der Waals surface area contributed by atoms with Crippen LogP contribution in [0.4, 0.5) is 0 Å². The molecule has 3 aromatic rings. The van der Waals surface area contributed by atoms with Crippen molar-refractivity contribution in [2.45, 2.75) is 19.9 Å². The van der Waals surface area contributed by atoms with E-state index in [1.54, 1.807) is 31.2 Å². The first-order chi connectivity index (χ1) is 12.9. The van der Waals surface area contributed by atoms with Crippen molar-refractivity contribution in [3.63, 3.8) is 0 Å². The van der Waals surface area contributed by atoms with Crippen LogP contribution in [0.15, 0.2) is 69.2 Å². The first kappa shape index (κ1) is 18.7. The fourth-order valence-corrected chi connectivity index (χ4v) is 2.97. The topological polar surface area (TPSA) is 87.4 Å². The number of aliphatic imine (C=N–C) groups is 1. The second kappa shape index (κ2) is 7.63. The van der Waals surface area contributed by atoms with E-state index in [1.165, 1.54) is 0 Å². The van der Waals surface area contributed by atoms with Gasteiger partial charge in [0.2, 0.25) is 5.88 Å². The van der Waals surface area contributed by atoms with E-state index in [9.17, 15) is 14.7 Å². The molecule has 1 unspecified atom stereocenters. The molecule has 0 aliphatic rings. The Morgan fingerprint density at radius 3 is 2.37 bits per heavy atom. The summed E-state index contributed by atoms with van der Waals surface area (Å²) < 4.78 is 1.01. The van der Waals surface area contributed by atoms with Gasteiger partial charge in [-0.3, -0.25) is 14.8 Å². The average molecular weight is 384 g/mol. The van der Waals surface area contributed by atoms with Crippen molar-refractivity contribution in [3.8, 4) is 11.6 Å². The van der Waals surface area contributed by atoms with E-state index in [1.807, 2.05) is 37.3 Å². The van der Waals surface area contributed by atoms with E-state index < -0.39 is 17.1 Å². The lowest BCUT2D eigenvalue weighted by Gasteiger charge is -2.13. The second-order valence-electron chi connectivity index (χ2n) is 6.07. The van der Waals surface area contributed by atoms with Crippen molar-refractivity contribution < 1.29 is 5.11 Å². The third-order valence-corrected chi connectivity index (χ3v) is 4.45. The first-order valence-corrected chi connectivity index (χ1v) is 8.70. The van der Waals surface area contributed by atoms with Crippen LogP contribution in [0, 0.1) is 0 Å². The normalized spacial score (nSPS) is 12.8. The lowest BCUT2D eigenvalue weighted by atomic mass is 10.1. The molecule has 0 saturated heterocycles. The van der Waals surface area contributed by atoms with Crippen LogP contribution in [0.1, 0.15) is 31.0 Å². The van der Waals surface area contributed by atoms with Gasteiger partial charge in [0.05, 0.1) is 17.4 Å². The van der Waals surface area contributed by atoms with Gasteiger partial charge in [0.1, 0.15) is 5.56 Å². The number of aromatic hydroxyl groups is 1. The van der Waals surface area contributed by atoms with E-state index in [2.05, 4.69) is 9.98 Å². The SMILES string of the molecule is CC(=NC(C)c1ccccc1)c1c(O)n(-c2ccc(Cl)cc2)c(=O)[nH]c1=O. The number of nitrogens with one attached hydrogen (secondary N) is 1. The summed E-state index contributed by atoms with van der Waals surface area (Å²) >= 11 is 5.87. The van der Waals surface area contributed by atoms with Crippen LogP contribution in [0.2, 0.25) is 5.02 Å². The molecule has 138 valence electrons. The molecule has 2 aromatic carbocycles. The molecule has 1 atom stereocenters. The summed E-state index contributed by atoms with van der Waals surface area (Å²) in [6.07, 6.45) is 0. The fourth-order valence-electron chi connectivity index (χ4n) is 2.84. The first-order valence-electron chi connectivity index (χ1n) is 8.32. The standard InChI is InChI=1S/C20H18ClN3O3/c1-12(14-6-4-3-5-7-14)22-13(2)17-18(25)23-20(27)24(19(17)26)16-10-8-15(21)9-11-16/h3-12,26H,1-2H3,(H,23,25,27). The highest BCUT2D eigenvalue weighted by Gasteiger charge is 2.18. The monoisotopic (exact) mass is 383 g/mol. The van der Waals surface area contributed by atoms with E-state index in [4.69, 9.17) is 11.6 Å². The number of benzene rings is 2. The number of H-pyrrole nitrogens is 1. The minimum absolute atomic E-state index is 0.0488. The van der Waals surface area contributed by atoms with Crippen molar-refractivity contribution in [2.24, 2.45) is 4.99 Å². The van der Waals surface area contributed by atoms with E-state index in [-0.39, 0.29) is 11.6 Å². The molecule has 1 heterocycles. The Labute approximate surface area is 160 Å². The number of hydrogen-bond acceptors (Lipinski definition) is 4. The van der Waals surface area contributed by atoms with Gasteiger partial charge in [0.15, 0.2) is 0 Å². The number of rotatable bonds is 4. The molecule has 1 aromatic heterocycles. The van der Waals surface area contributed by atoms with Crippen molar-refractivity contribution in [3.05, 3.63) is 91.6 Å². The Balaban J connectivity index is 2.12. The summed E-state index contributed by atoms with van der Waals surface area (Å²) in [5, 5.41) is 11.1. The Morgan fingerprint density at radius 2 is 1.74 bits per heavy atom. The third kappa shape index (κ3) is 3.85. The van der Waals surface area contributed by atoms with E-state index >= 15 is 0 Å². The van der Waals surface area contributed by atoms with Crippen molar-refractivity contribution in [2.75, 3.05) is 0 Å². The zero-order valence-electron chi connectivity index (χ0n) is 14.8. The summed E-state index contributed by atoms with van der Waals surface area (Å²) in [4.78, 5) is 31.3. The molecular weight excluding hydrogens is 366 g/mol. The maximum atomic E-state index is 12.3. The molecule has 0 aliphatic heterocycles. The molecule has 0 saturated carbocycles. The minimum Gasteiger partial charge on any atom is -0.493 e. The molecule has 0 spiro atoms. The maximum absolute atomic E-state index is 12.3. The molecule has 0 aliphatic carbocycles. The highest BCUT2D eigenvalue weighted by molar-refractivity contribution is 6.30. The second-order valence-corrected chi connectivity index (χ2v) is 6.51. The summed E-state index contributed by atoms with van der Waals surface area (Å²) in [6.45, 7) is 3.51. The molecule has 0 fully saturated rings. The number of hydrogen-bond donors (Lipinski definition) is 2. The fraction of sp³-hybridized carbons (Fsp3) is 0.150. The van der Waals surface area contributed by atoms with Gasteiger partial charge in [0, 0.05) is 5.02 Å². The predicted molar refractivity (Wildman–Crippen MR) is 106 cm³/mol. The van der Waals surface area contributed by atoms with Crippen LogP contribution in [0.25, 0.3) is 5.69 Å². The maximum Gasteiger partial charge on any atom is 0.335 e. The van der Waals surface area contributed by atoms with Crippen molar-refractivity contribution >= 4 is 17.3 Å². The van der Waals surface area contributed by atoms with Crippen LogP contribution in [-0.2, 0) is 0 Å². The van der Waals surface area contributed by atoms with Gasteiger partial charge in [0.25, 0.3) is 5.56 Å². The zero-order valence-corrected chi connectivity index (χ0v) is 15.6. The Kier molecular flexibility index (Phi) is 5.28. The molecule has 6 nitrogen and oxygen atoms in total. The van der Waals surface area contributed by atoms with Gasteiger partial charge < -0.3 is 5.11 Å². The van der Waals surface area contributed by atoms with Crippen molar-refractivity contribution in [1.29, 1.82) is 0 Å². The van der Waals surface area contributed by atoms with Crippen LogP contribution in [0.3, 0.4) is 0 Å². The van der Waals surface area contributed by atoms with Crippen LogP contribution in [0.5, 0.6) is 5.88 Å². The smallest absolute Gasteiger partial charge is 0.335 e. The number of aromatic nitrogens is 2. The molecule has 3 rings (SSSR count). The van der Waals surface area contributed by atoms with Crippen LogP contribution in [-0.4, -0.2) is 20.4 Å². The lowest BCUT2D eigenvalue weighted by Crippen LogP contribution is -2.32. The molecule has 2 N–H and O–H groups in total. The zero-order chi connectivity index (χ0) is 19.6. The summed E-state index contributed by atoms with van der Waals surface area (Å²) in [5.74, 6) is -0.465. The molecule has 27 heavy (non-hydrogen) atoms. The summed E-state index contributed by atoms with van der Waals surface area (Å²) in [5.41, 5.74) is 0.193. The van der Waals surface area contributed by atoms with Crippen molar-refractivity contribution in [1.82, 2.24) is 9.55 Å². The number of halogens is 1. The van der Waals surface area contributed by atoms with Gasteiger partial charge >= 0.3 is 5.69 Å². The summed E-state index contributed by atoms with van der Waals surface area (Å²) in [6, 6.07) is 15.7. The number of aromatic amines is 1. The molecule has 0 bridgehead atoms. The third-order valence-electron chi connectivity index (χ3n) is 4.20. The molecule has 7 heteroatoms. The average Bonchev–Trinajstić information content (AvgIpc) is 2.63. The largest absolute Gasteiger partial charge is 0.493 e. The Bertz CT molecular complexity index is 1100. The van der Waals surface area contributed by atoms with Crippen LogP contribution >= 0.6 is 11.6 Å². The Hall–Kier alpha value is -3.12. The van der Waals surface area contributed by atoms with E-state index in [0.717, 1.165) is 10.1 Å². The van der Waals surface area contributed by atoms with Gasteiger partial charge in [-0.1, -0.05) is 41.9 Å². The molecular formula is C20H18ClN3O3. The summed E-state index contributed by atoms with van der Waals surface area (Å²) in [7, 11) is 0. The predicted octanol–water partition coefficient (Wildman–Crippen LogP) is 3.46. The van der Waals surface area contributed by atoms with Crippen LogP contribution < -0.4 is 11.2 Å². The highest BCUT2D eigenvalue weighted by atomic mass is 35.5. The van der Waals surface area contributed by atoms with Gasteiger partial charge in [-0.25, -0.2) is 9.36 Å². The number of nitrogens with zero attached hydrogens (tertiary/aromatic N) is 2. The van der Waals surface area contributed by atoms with Gasteiger partial charge in [-0.15, -0.1) is 0 Å². The quantitative estimate of drug-likeness (QED) is 0.676. The lowest BCUT2D eigenvalue weighted by molar-refractivity contribution is 0.429. The van der Waals surface area contributed by atoms with Gasteiger partial charge in [-0.05, 0) is 43.7 Å². The highest BCUT2D eigenvalue weighted by Crippen LogP contribution is 2.21. The molecule has 0 amide bonds. The minimum atomic E-state index is -0.743. The Morgan fingerprint density at radius 1 is 1.11 bits per heavy atom. The van der Waals surface area contributed by atoms with Gasteiger partial charge in [-0.2, -0.15) is 0 Å².